The average molecular weight is 479 g/mol. The Labute approximate surface area is 202 Å². The Morgan fingerprint density at radius 1 is 1.23 bits per heavy atom. The highest BCUT2D eigenvalue weighted by Gasteiger charge is 2.26. The van der Waals surface area contributed by atoms with E-state index < -0.39 is 0 Å². The molecule has 1 fully saturated rings. The second-order valence-corrected chi connectivity index (χ2v) is 9.20. The van der Waals surface area contributed by atoms with E-state index in [0.717, 1.165) is 42.4 Å². The van der Waals surface area contributed by atoms with Gasteiger partial charge in [-0.3, -0.25) is 9.59 Å². The van der Waals surface area contributed by atoms with Crippen molar-refractivity contribution in [3.63, 3.8) is 0 Å². The fraction of sp³-hybridized carbons (Fsp3) is 0.440. The molecule has 0 saturated heterocycles. The maximum Gasteiger partial charge on any atom is 0.269 e. The van der Waals surface area contributed by atoms with Crippen LogP contribution in [0.15, 0.2) is 41.3 Å². The Morgan fingerprint density at radius 3 is 2.86 bits per heavy atom. The molecule has 1 aliphatic carbocycles. The molecule has 0 bridgehead atoms. The minimum atomic E-state index is -0.189. The number of pyridine rings is 1. The van der Waals surface area contributed by atoms with Crippen LogP contribution in [0.25, 0.3) is 11.0 Å². The van der Waals surface area contributed by atoms with Crippen molar-refractivity contribution in [3.05, 3.63) is 52.6 Å². The van der Waals surface area contributed by atoms with Gasteiger partial charge in [-0.1, -0.05) is 0 Å². The summed E-state index contributed by atoms with van der Waals surface area (Å²) in [6, 6.07) is 9.52. The van der Waals surface area contributed by atoms with Crippen molar-refractivity contribution >= 4 is 22.8 Å². The molecule has 5 rings (SSSR count). The maximum absolute atomic E-state index is 12.6. The topological polar surface area (TPSA) is 133 Å². The van der Waals surface area contributed by atoms with E-state index in [9.17, 15) is 9.59 Å². The zero-order chi connectivity index (χ0) is 24.4. The van der Waals surface area contributed by atoms with Gasteiger partial charge in [0.15, 0.2) is 18.2 Å². The molecule has 1 aromatic carbocycles. The van der Waals surface area contributed by atoms with Crippen LogP contribution in [-0.2, 0) is 17.9 Å². The minimum Gasteiger partial charge on any atom is -0.497 e. The normalized spacial score (nSPS) is 20.6. The Bertz CT molecular complexity index is 1280. The number of anilines is 1. The molecule has 1 atom stereocenters. The van der Waals surface area contributed by atoms with Gasteiger partial charge in [-0.05, 0) is 55.9 Å². The van der Waals surface area contributed by atoms with E-state index in [4.69, 9.17) is 15.2 Å². The van der Waals surface area contributed by atoms with E-state index in [1.807, 2.05) is 30.3 Å². The molecule has 4 N–H and O–H groups in total. The highest BCUT2D eigenvalue weighted by atomic mass is 16.5. The van der Waals surface area contributed by atoms with Gasteiger partial charge in [0.05, 0.1) is 30.0 Å². The van der Waals surface area contributed by atoms with Crippen molar-refractivity contribution in [1.29, 1.82) is 0 Å². The second kappa shape index (κ2) is 10.0. The van der Waals surface area contributed by atoms with Crippen LogP contribution in [0.5, 0.6) is 11.5 Å². The van der Waals surface area contributed by atoms with Gasteiger partial charge in [-0.2, -0.15) is 0 Å². The number of carbonyl (C=O) groups is 1. The second-order valence-electron chi connectivity index (χ2n) is 9.20. The highest BCUT2D eigenvalue weighted by Crippen LogP contribution is 2.29. The van der Waals surface area contributed by atoms with Crippen molar-refractivity contribution < 1.29 is 14.3 Å². The van der Waals surface area contributed by atoms with Crippen LogP contribution in [-0.4, -0.2) is 46.2 Å². The Hall–Kier alpha value is -3.50. The lowest BCUT2D eigenvalue weighted by atomic mass is 9.81. The number of aromatic nitrogens is 3. The lowest BCUT2D eigenvalue weighted by Gasteiger charge is -2.33. The number of benzene rings is 1. The molecule has 2 aromatic heterocycles. The molecule has 3 heterocycles. The first kappa shape index (κ1) is 23.3. The zero-order valence-corrected chi connectivity index (χ0v) is 19.7. The van der Waals surface area contributed by atoms with E-state index in [2.05, 4.69) is 20.6 Å². The molecular weight excluding hydrogens is 448 g/mol. The van der Waals surface area contributed by atoms with Crippen LogP contribution in [0, 0.1) is 5.92 Å². The highest BCUT2D eigenvalue weighted by molar-refractivity contribution is 5.94. The lowest BCUT2D eigenvalue weighted by Crippen LogP contribution is -2.42. The lowest BCUT2D eigenvalue weighted by molar-refractivity contribution is -0.118. The molecule has 0 radical (unpaired) electrons. The number of nitrogens with one attached hydrogen (secondary N) is 2. The average Bonchev–Trinajstić information content (AvgIpc) is 2.88. The first-order valence-corrected chi connectivity index (χ1v) is 12.0. The predicted octanol–water partition coefficient (Wildman–Crippen LogP) is 1.81. The van der Waals surface area contributed by atoms with Crippen LogP contribution < -0.4 is 31.4 Å². The first-order chi connectivity index (χ1) is 17.0. The summed E-state index contributed by atoms with van der Waals surface area (Å²) >= 11 is 0. The van der Waals surface area contributed by atoms with Crippen LogP contribution >= 0.6 is 0 Å². The summed E-state index contributed by atoms with van der Waals surface area (Å²) in [6.07, 6.45) is 5.34. The third-order valence-electron chi connectivity index (χ3n) is 6.93. The van der Waals surface area contributed by atoms with Crippen LogP contribution in [0.2, 0.25) is 0 Å². The largest absolute Gasteiger partial charge is 0.497 e. The number of hydrogen-bond donors (Lipinski definition) is 3. The fourth-order valence-corrected chi connectivity index (χ4v) is 4.92. The van der Waals surface area contributed by atoms with Crippen molar-refractivity contribution in [2.45, 2.75) is 50.9 Å². The molecular formula is C25H30N6O4. The molecule has 1 saturated carbocycles. The van der Waals surface area contributed by atoms with E-state index in [0.29, 0.717) is 42.4 Å². The molecule has 2 aliphatic rings. The molecule has 3 aromatic rings. The summed E-state index contributed by atoms with van der Waals surface area (Å²) in [5.41, 5.74) is 8.79. The Morgan fingerprint density at radius 2 is 2.06 bits per heavy atom. The van der Waals surface area contributed by atoms with E-state index >= 15 is 0 Å². The number of fused-ring (bicyclic) bond motifs is 2. The quantitative estimate of drug-likeness (QED) is 0.468. The molecule has 1 amide bonds. The maximum atomic E-state index is 12.6. The Kier molecular flexibility index (Phi) is 6.65. The number of rotatable bonds is 7. The van der Waals surface area contributed by atoms with Gasteiger partial charge < -0.3 is 30.4 Å². The van der Waals surface area contributed by atoms with Gasteiger partial charge in [0.25, 0.3) is 11.5 Å². The van der Waals surface area contributed by atoms with Gasteiger partial charge >= 0.3 is 0 Å². The smallest absolute Gasteiger partial charge is 0.269 e. The first-order valence-electron chi connectivity index (χ1n) is 12.0. The number of nitrogens with zero attached hydrogens (tertiary/aromatic N) is 3. The van der Waals surface area contributed by atoms with Gasteiger partial charge in [0.1, 0.15) is 5.75 Å². The number of nitrogens with two attached hydrogens (primary N) is 1. The number of methoxy groups -OCH3 is 1. The Balaban J connectivity index is 1.17. The summed E-state index contributed by atoms with van der Waals surface area (Å²) in [5, 5.41) is 6.32. The number of hydrogen-bond acceptors (Lipinski definition) is 8. The molecule has 0 unspecified atom stereocenters. The van der Waals surface area contributed by atoms with Crippen molar-refractivity contribution in [2.24, 2.45) is 11.7 Å². The number of amides is 1. The van der Waals surface area contributed by atoms with E-state index in [1.54, 1.807) is 11.7 Å². The van der Waals surface area contributed by atoms with Crippen molar-refractivity contribution in [1.82, 2.24) is 19.9 Å². The fourth-order valence-electron chi connectivity index (χ4n) is 4.92. The monoisotopic (exact) mass is 478 g/mol. The summed E-state index contributed by atoms with van der Waals surface area (Å²) in [4.78, 5) is 32.9. The molecule has 10 nitrogen and oxygen atoms in total. The molecule has 184 valence electrons. The van der Waals surface area contributed by atoms with Crippen molar-refractivity contribution in [3.8, 4) is 11.5 Å². The van der Waals surface area contributed by atoms with Crippen molar-refractivity contribution in [2.75, 3.05) is 19.0 Å². The van der Waals surface area contributed by atoms with Crippen LogP contribution in [0.4, 0.5) is 5.82 Å². The summed E-state index contributed by atoms with van der Waals surface area (Å²) < 4.78 is 12.4. The van der Waals surface area contributed by atoms with Gasteiger partial charge in [-0.15, -0.1) is 0 Å². The van der Waals surface area contributed by atoms with Gasteiger partial charge in [-0.25, -0.2) is 9.97 Å². The molecule has 0 spiro atoms. The number of ether oxygens (including phenoxy) is 2. The standard InChI is InChI=1S/C25H30N6O4/c1-34-18-7-8-20-21(10-18)31(24(33)12-28-20)13-19(26)15-2-4-16(5-3-15)27-11-17-6-9-22-25(29-17)30-23(32)14-35-22/h6-10,12,15-16,19,27H,2-5,11,13-14,26H2,1H3,(H,29,30,32)/t15-,16-,19-/m1/s1. The molecule has 1 aliphatic heterocycles. The van der Waals surface area contributed by atoms with E-state index in [1.165, 1.54) is 6.20 Å². The zero-order valence-electron chi connectivity index (χ0n) is 19.7. The van der Waals surface area contributed by atoms with Gasteiger partial charge in [0, 0.05) is 31.2 Å². The predicted molar refractivity (Wildman–Crippen MR) is 131 cm³/mol. The summed E-state index contributed by atoms with van der Waals surface area (Å²) in [5.74, 6) is 1.91. The third kappa shape index (κ3) is 5.13. The summed E-state index contributed by atoms with van der Waals surface area (Å²) in [7, 11) is 1.60. The van der Waals surface area contributed by atoms with Crippen LogP contribution in [0.1, 0.15) is 31.4 Å². The SMILES string of the molecule is COc1ccc2ncc(=O)n(C[C@@H](N)[C@H]3CC[C@H](NCc4ccc5c(n4)NC(=O)CO5)CC3)c2c1. The minimum absolute atomic E-state index is 0.0257. The third-order valence-corrected chi connectivity index (χ3v) is 6.93. The van der Waals surface area contributed by atoms with Gasteiger partial charge in [0.2, 0.25) is 0 Å². The number of carbonyl (C=O) groups excluding carboxylic acids is 1. The molecule has 35 heavy (non-hydrogen) atoms. The summed E-state index contributed by atoms with van der Waals surface area (Å²) in [6.45, 7) is 1.09. The van der Waals surface area contributed by atoms with E-state index in [-0.39, 0.29) is 24.1 Å². The molecule has 10 heteroatoms. The van der Waals surface area contributed by atoms with Crippen LogP contribution in [0.3, 0.4) is 0 Å².